The molecule has 94 valence electrons. The minimum absolute atomic E-state index is 0.0283. The lowest BCUT2D eigenvalue weighted by atomic mass is 10.1. The molecule has 3 heteroatoms. The Morgan fingerprint density at radius 1 is 1.35 bits per heavy atom. The quantitative estimate of drug-likeness (QED) is 0.609. The lowest BCUT2D eigenvalue weighted by Gasteiger charge is -2.07. The molecule has 2 N–H and O–H groups in total. The Kier molecular flexibility index (Phi) is 5.70. The summed E-state index contributed by atoms with van der Waals surface area (Å²) in [5.41, 5.74) is 7.80. The second kappa shape index (κ2) is 7.07. The van der Waals surface area contributed by atoms with E-state index in [4.69, 9.17) is 10.5 Å². The largest absolute Gasteiger partial charge is 0.465 e. The number of carbonyl (C=O) groups excluding carboxylic acids is 1. The number of benzene rings is 1. The second-order valence-electron chi connectivity index (χ2n) is 4.28. The van der Waals surface area contributed by atoms with E-state index in [0.717, 1.165) is 24.0 Å². The van der Waals surface area contributed by atoms with Crippen molar-refractivity contribution in [3.8, 4) is 0 Å². The van der Waals surface area contributed by atoms with Crippen LogP contribution < -0.4 is 5.73 Å². The molecule has 1 rings (SSSR count). The molecule has 0 spiro atoms. The molecule has 17 heavy (non-hydrogen) atoms. The standard InChI is InChI=1S/C14H21NO2/c1-3-4-9-17-14(16)10-12-5-7-13(8-6-12)11(2)15/h5-8,11H,3-4,9-10,15H2,1-2H3. The van der Waals surface area contributed by atoms with E-state index in [-0.39, 0.29) is 12.0 Å². The highest BCUT2D eigenvalue weighted by Gasteiger charge is 2.05. The maximum Gasteiger partial charge on any atom is 0.310 e. The summed E-state index contributed by atoms with van der Waals surface area (Å²) >= 11 is 0. The van der Waals surface area contributed by atoms with Crippen molar-refractivity contribution in [3.05, 3.63) is 35.4 Å². The first-order valence-corrected chi connectivity index (χ1v) is 6.13. The Morgan fingerprint density at radius 3 is 2.53 bits per heavy atom. The van der Waals surface area contributed by atoms with Crippen LogP contribution in [0.3, 0.4) is 0 Å². The fourth-order valence-corrected chi connectivity index (χ4v) is 1.49. The van der Waals surface area contributed by atoms with Crippen LogP contribution in [0.25, 0.3) is 0 Å². The van der Waals surface area contributed by atoms with Crippen LogP contribution in [0, 0.1) is 0 Å². The van der Waals surface area contributed by atoms with Gasteiger partial charge < -0.3 is 10.5 Å². The van der Waals surface area contributed by atoms with Gasteiger partial charge in [-0.25, -0.2) is 0 Å². The zero-order chi connectivity index (χ0) is 12.7. The molecule has 1 atom stereocenters. The van der Waals surface area contributed by atoms with Crippen molar-refractivity contribution in [2.45, 2.75) is 39.2 Å². The molecule has 0 fully saturated rings. The van der Waals surface area contributed by atoms with Gasteiger partial charge in [-0.2, -0.15) is 0 Å². The third-order valence-corrected chi connectivity index (χ3v) is 2.61. The van der Waals surface area contributed by atoms with Gasteiger partial charge in [-0.3, -0.25) is 4.79 Å². The van der Waals surface area contributed by atoms with Crippen molar-refractivity contribution in [2.24, 2.45) is 5.73 Å². The number of unbranched alkanes of at least 4 members (excludes halogenated alkanes) is 1. The van der Waals surface area contributed by atoms with Crippen molar-refractivity contribution in [1.82, 2.24) is 0 Å². The normalized spacial score (nSPS) is 12.2. The summed E-state index contributed by atoms with van der Waals surface area (Å²) in [4.78, 5) is 11.5. The van der Waals surface area contributed by atoms with Crippen molar-refractivity contribution < 1.29 is 9.53 Å². The molecule has 0 aromatic heterocycles. The highest BCUT2D eigenvalue weighted by atomic mass is 16.5. The van der Waals surface area contributed by atoms with Gasteiger partial charge in [0.2, 0.25) is 0 Å². The van der Waals surface area contributed by atoms with E-state index in [0.29, 0.717) is 13.0 Å². The number of hydrogen-bond donors (Lipinski definition) is 1. The first kappa shape index (κ1) is 13.7. The van der Waals surface area contributed by atoms with Crippen LogP contribution in [0.1, 0.15) is 43.9 Å². The third-order valence-electron chi connectivity index (χ3n) is 2.61. The highest BCUT2D eigenvalue weighted by molar-refractivity contribution is 5.72. The Balaban J connectivity index is 2.43. The fraction of sp³-hybridized carbons (Fsp3) is 0.500. The lowest BCUT2D eigenvalue weighted by Crippen LogP contribution is -2.09. The summed E-state index contributed by atoms with van der Waals surface area (Å²) in [6, 6.07) is 7.80. The minimum atomic E-state index is -0.160. The maximum absolute atomic E-state index is 11.5. The molecular weight excluding hydrogens is 214 g/mol. The fourth-order valence-electron chi connectivity index (χ4n) is 1.49. The zero-order valence-electron chi connectivity index (χ0n) is 10.6. The summed E-state index contributed by atoms with van der Waals surface area (Å²) in [7, 11) is 0. The van der Waals surface area contributed by atoms with Crippen LogP contribution in [-0.2, 0) is 16.0 Å². The molecule has 0 heterocycles. The third kappa shape index (κ3) is 5.00. The van der Waals surface area contributed by atoms with Crippen LogP contribution in [0.2, 0.25) is 0 Å². The number of carbonyl (C=O) groups is 1. The summed E-state index contributed by atoms with van der Waals surface area (Å²) in [6.07, 6.45) is 2.30. The average Bonchev–Trinajstić information content (AvgIpc) is 2.30. The van der Waals surface area contributed by atoms with E-state index >= 15 is 0 Å². The molecule has 1 unspecified atom stereocenters. The molecule has 0 bridgehead atoms. The molecule has 0 saturated heterocycles. The van der Waals surface area contributed by atoms with Gasteiger partial charge in [-0.15, -0.1) is 0 Å². The lowest BCUT2D eigenvalue weighted by molar-refractivity contribution is -0.142. The molecule has 0 radical (unpaired) electrons. The van der Waals surface area contributed by atoms with Gasteiger partial charge in [0.25, 0.3) is 0 Å². The van der Waals surface area contributed by atoms with Crippen LogP contribution in [0.5, 0.6) is 0 Å². The monoisotopic (exact) mass is 235 g/mol. The number of hydrogen-bond acceptors (Lipinski definition) is 3. The smallest absolute Gasteiger partial charge is 0.310 e. The predicted octanol–water partition coefficient (Wildman–Crippen LogP) is 2.59. The highest BCUT2D eigenvalue weighted by Crippen LogP contribution is 2.11. The van der Waals surface area contributed by atoms with Crippen molar-refractivity contribution in [2.75, 3.05) is 6.61 Å². The van der Waals surface area contributed by atoms with Gasteiger partial charge in [0.05, 0.1) is 13.0 Å². The van der Waals surface area contributed by atoms with Gasteiger partial charge in [0.1, 0.15) is 0 Å². The summed E-state index contributed by atoms with van der Waals surface area (Å²) < 4.78 is 5.10. The number of rotatable bonds is 6. The first-order chi connectivity index (χ1) is 8.13. The molecule has 0 amide bonds. The number of esters is 1. The van der Waals surface area contributed by atoms with Gasteiger partial charge >= 0.3 is 5.97 Å². The molecule has 1 aromatic rings. The van der Waals surface area contributed by atoms with Gasteiger partial charge in [-0.1, -0.05) is 37.6 Å². The SMILES string of the molecule is CCCCOC(=O)Cc1ccc(C(C)N)cc1. The van der Waals surface area contributed by atoms with E-state index in [9.17, 15) is 4.79 Å². The van der Waals surface area contributed by atoms with Gasteiger partial charge in [0.15, 0.2) is 0 Å². The van der Waals surface area contributed by atoms with Crippen molar-refractivity contribution >= 4 is 5.97 Å². The maximum atomic E-state index is 11.5. The zero-order valence-corrected chi connectivity index (χ0v) is 10.6. The van der Waals surface area contributed by atoms with Crippen LogP contribution in [-0.4, -0.2) is 12.6 Å². The molecule has 3 nitrogen and oxygen atoms in total. The molecule has 0 aliphatic heterocycles. The van der Waals surface area contributed by atoms with E-state index in [2.05, 4.69) is 6.92 Å². The number of ether oxygens (including phenoxy) is 1. The average molecular weight is 235 g/mol. The Bertz CT molecular complexity index is 344. The Labute approximate surface area is 103 Å². The molecule has 0 saturated carbocycles. The summed E-state index contributed by atoms with van der Waals surface area (Å²) in [5.74, 6) is -0.160. The minimum Gasteiger partial charge on any atom is -0.465 e. The second-order valence-corrected chi connectivity index (χ2v) is 4.28. The number of nitrogens with two attached hydrogens (primary N) is 1. The summed E-state index contributed by atoms with van der Waals surface area (Å²) in [6.45, 7) is 4.53. The van der Waals surface area contributed by atoms with E-state index in [1.807, 2.05) is 31.2 Å². The van der Waals surface area contributed by atoms with E-state index in [1.165, 1.54) is 0 Å². The van der Waals surface area contributed by atoms with Gasteiger partial charge in [-0.05, 0) is 24.5 Å². The van der Waals surface area contributed by atoms with E-state index in [1.54, 1.807) is 0 Å². The van der Waals surface area contributed by atoms with E-state index < -0.39 is 0 Å². The van der Waals surface area contributed by atoms with Crippen LogP contribution >= 0.6 is 0 Å². The molecule has 1 aromatic carbocycles. The summed E-state index contributed by atoms with van der Waals surface area (Å²) in [5, 5.41) is 0. The topological polar surface area (TPSA) is 52.3 Å². The predicted molar refractivity (Wildman–Crippen MR) is 68.6 cm³/mol. The van der Waals surface area contributed by atoms with Crippen molar-refractivity contribution in [1.29, 1.82) is 0 Å². The van der Waals surface area contributed by atoms with Crippen LogP contribution in [0.15, 0.2) is 24.3 Å². The first-order valence-electron chi connectivity index (χ1n) is 6.13. The van der Waals surface area contributed by atoms with Gasteiger partial charge in [0, 0.05) is 6.04 Å². The molecular formula is C14H21NO2. The Morgan fingerprint density at radius 2 is 2.00 bits per heavy atom. The Hall–Kier alpha value is -1.35. The van der Waals surface area contributed by atoms with Crippen molar-refractivity contribution in [3.63, 3.8) is 0 Å². The molecule has 0 aliphatic carbocycles. The molecule has 0 aliphatic rings. The van der Waals surface area contributed by atoms with Crippen LogP contribution in [0.4, 0.5) is 0 Å².